The van der Waals surface area contributed by atoms with E-state index in [0.29, 0.717) is 11.6 Å². The van der Waals surface area contributed by atoms with Gasteiger partial charge in [-0.1, -0.05) is 12.1 Å². The van der Waals surface area contributed by atoms with Crippen molar-refractivity contribution in [1.82, 2.24) is 0 Å². The molecule has 2 N–H and O–H groups in total. The standard InChI is InChI=1S/C18H17N3O2/c1-21(2)15-9-3-12(4-10-15)11-16-18(22)23-17(20-16)13-5-7-14(19)8-6-13/h3-11H,19H2,1-2H3/b16-11-. The summed E-state index contributed by atoms with van der Waals surface area (Å²) in [6, 6.07) is 14.9. The summed E-state index contributed by atoms with van der Waals surface area (Å²) in [5.41, 5.74) is 9.29. The molecule has 0 saturated heterocycles. The summed E-state index contributed by atoms with van der Waals surface area (Å²) in [6.07, 6.45) is 1.71. The molecule has 0 spiro atoms. The SMILES string of the molecule is CN(C)c1ccc(/C=C2\N=C(c3ccc(N)cc3)OC2=O)cc1. The lowest BCUT2D eigenvalue weighted by molar-refractivity contribution is -0.129. The van der Waals surface area contributed by atoms with Crippen LogP contribution in [0.2, 0.25) is 0 Å². The normalized spacial score (nSPS) is 15.5. The maximum Gasteiger partial charge on any atom is 0.363 e. The molecule has 0 atom stereocenters. The van der Waals surface area contributed by atoms with Gasteiger partial charge in [-0.3, -0.25) is 0 Å². The van der Waals surface area contributed by atoms with Crippen LogP contribution in [0.4, 0.5) is 11.4 Å². The molecule has 1 aliphatic heterocycles. The second kappa shape index (κ2) is 5.96. The number of cyclic esters (lactones) is 1. The van der Waals surface area contributed by atoms with Gasteiger partial charge in [-0.2, -0.15) is 0 Å². The number of nitrogen functional groups attached to an aromatic ring is 1. The van der Waals surface area contributed by atoms with Crippen molar-refractivity contribution in [2.45, 2.75) is 0 Å². The third-order valence-electron chi connectivity index (χ3n) is 3.49. The summed E-state index contributed by atoms with van der Waals surface area (Å²) in [7, 11) is 3.95. The summed E-state index contributed by atoms with van der Waals surface area (Å²) >= 11 is 0. The number of benzene rings is 2. The lowest BCUT2D eigenvalue weighted by atomic mass is 10.1. The zero-order valence-electron chi connectivity index (χ0n) is 13.0. The second-order valence-corrected chi connectivity index (χ2v) is 5.44. The number of nitrogens with zero attached hydrogens (tertiary/aromatic N) is 2. The third-order valence-corrected chi connectivity index (χ3v) is 3.49. The molecule has 23 heavy (non-hydrogen) atoms. The maximum atomic E-state index is 12.0. The first-order chi connectivity index (χ1) is 11.0. The van der Waals surface area contributed by atoms with Crippen LogP contribution in [0.3, 0.4) is 0 Å². The van der Waals surface area contributed by atoms with Gasteiger partial charge >= 0.3 is 5.97 Å². The van der Waals surface area contributed by atoms with Crippen molar-refractivity contribution in [1.29, 1.82) is 0 Å². The Kier molecular flexibility index (Phi) is 3.85. The van der Waals surface area contributed by atoms with Crippen molar-refractivity contribution in [3.63, 3.8) is 0 Å². The zero-order chi connectivity index (χ0) is 16.4. The molecule has 3 rings (SSSR count). The van der Waals surface area contributed by atoms with Crippen molar-refractivity contribution in [3.8, 4) is 0 Å². The molecule has 116 valence electrons. The molecule has 5 heteroatoms. The number of nitrogens with two attached hydrogens (primary N) is 1. The number of aliphatic imine (C=N–C) groups is 1. The minimum Gasteiger partial charge on any atom is -0.402 e. The number of carbonyl (C=O) groups is 1. The van der Waals surface area contributed by atoms with E-state index in [1.807, 2.05) is 43.3 Å². The van der Waals surface area contributed by atoms with Gasteiger partial charge in [-0.25, -0.2) is 9.79 Å². The highest BCUT2D eigenvalue weighted by atomic mass is 16.6. The molecule has 1 aliphatic rings. The predicted octanol–water partition coefficient (Wildman–Crippen LogP) is 2.68. The highest BCUT2D eigenvalue weighted by molar-refractivity contribution is 6.12. The fourth-order valence-corrected chi connectivity index (χ4v) is 2.18. The van der Waals surface area contributed by atoms with Crippen molar-refractivity contribution < 1.29 is 9.53 Å². The summed E-state index contributed by atoms with van der Waals surface area (Å²) < 4.78 is 5.23. The van der Waals surface area contributed by atoms with Crippen LogP contribution in [0.5, 0.6) is 0 Å². The topological polar surface area (TPSA) is 67.9 Å². The Morgan fingerprint density at radius 1 is 1.04 bits per heavy atom. The summed E-state index contributed by atoms with van der Waals surface area (Å²) in [6.45, 7) is 0. The number of esters is 1. The molecule has 0 saturated carbocycles. The van der Waals surface area contributed by atoms with Crippen LogP contribution in [0.1, 0.15) is 11.1 Å². The second-order valence-electron chi connectivity index (χ2n) is 5.44. The molecule has 1 heterocycles. The molecule has 0 fully saturated rings. The highest BCUT2D eigenvalue weighted by Gasteiger charge is 2.23. The van der Waals surface area contributed by atoms with Gasteiger partial charge < -0.3 is 15.4 Å². The number of hydrogen-bond acceptors (Lipinski definition) is 5. The first-order valence-corrected chi connectivity index (χ1v) is 7.19. The van der Waals surface area contributed by atoms with Gasteiger partial charge in [0.25, 0.3) is 0 Å². The molecule has 0 unspecified atom stereocenters. The van der Waals surface area contributed by atoms with E-state index >= 15 is 0 Å². The predicted molar refractivity (Wildman–Crippen MR) is 92.2 cm³/mol. The first-order valence-electron chi connectivity index (χ1n) is 7.19. The average molecular weight is 307 g/mol. The summed E-state index contributed by atoms with van der Waals surface area (Å²) in [5.74, 6) is -0.153. The van der Waals surface area contributed by atoms with Crippen LogP contribution in [0, 0.1) is 0 Å². The Balaban J connectivity index is 1.87. The van der Waals surface area contributed by atoms with Gasteiger partial charge in [0.05, 0.1) is 0 Å². The van der Waals surface area contributed by atoms with E-state index < -0.39 is 5.97 Å². The van der Waals surface area contributed by atoms with Crippen molar-refractivity contribution >= 4 is 29.3 Å². The Labute approximate surface area is 134 Å². The maximum absolute atomic E-state index is 12.0. The molecule has 0 aliphatic carbocycles. The molecule has 0 aromatic heterocycles. The highest BCUT2D eigenvalue weighted by Crippen LogP contribution is 2.21. The van der Waals surface area contributed by atoms with Gasteiger partial charge in [0.1, 0.15) is 0 Å². The molecule has 0 amide bonds. The summed E-state index contributed by atoms with van der Waals surface area (Å²) in [5, 5.41) is 0. The molecular formula is C18H17N3O2. The monoisotopic (exact) mass is 307 g/mol. The lowest BCUT2D eigenvalue weighted by Crippen LogP contribution is -2.08. The van der Waals surface area contributed by atoms with Crippen molar-refractivity contribution in [2.24, 2.45) is 4.99 Å². The van der Waals surface area contributed by atoms with Gasteiger partial charge in [-0.05, 0) is 48.0 Å². The van der Waals surface area contributed by atoms with Crippen molar-refractivity contribution in [3.05, 3.63) is 65.4 Å². The van der Waals surface area contributed by atoms with Crippen LogP contribution in [-0.4, -0.2) is 26.0 Å². The number of hydrogen-bond donors (Lipinski definition) is 1. The quantitative estimate of drug-likeness (QED) is 0.538. The molecule has 5 nitrogen and oxygen atoms in total. The zero-order valence-corrected chi connectivity index (χ0v) is 13.0. The van der Waals surface area contributed by atoms with E-state index in [-0.39, 0.29) is 5.70 Å². The van der Waals surface area contributed by atoms with Crippen LogP contribution in [0.15, 0.2) is 59.2 Å². The molecular weight excluding hydrogens is 290 g/mol. The van der Waals surface area contributed by atoms with E-state index in [9.17, 15) is 4.79 Å². The third kappa shape index (κ3) is 3.23. The lowest BCUT2D eigenvalue weighted by Gasteiger charge is -2.11. The van der Waals surface area contributed by atoms with Gasteiger partial charge in [-0.15, -0.1) is 0 Å². The van der Waals surface area contributed by atoms with Crippen molar-refractivity contribution in [2.75, 3.05) is 24.7 Å². The number of ether oxygens (including phenoxy) is 1. The fourth-order valence-electron chi connectivity index (χ4n) is 2.18. The molecule has 2 aromatic rings. The van der Waals surface area contributed by atoms with Gasteiger partial charge in [0.2, 0.25) is 5.90 Å². The first kappa shape index (κ1) is 14.8. The summed E-state index contributed by atoms with van der Waals surface area (Å²) in [4.78, 5) is 18.3. The average Bonchev–Trinajstić information content (AvgIpc) is 2.89. The fraction of sp³-hybridized carbons (Fsp3) is 0.111. The van der Waals surface area contributed by atoms with E-state index in [4.69, 9.17) is 10.5 Å². The van der Waals surface area contributed by atoms with Gasteiger partial charge in [0, 0.05) is 31.0 Å². The Morgan fingerprint density at radius 3 is 2.30 bits per heavy atom. The van der Waals surface area contributed by atoms with E-state index in [0.717, 1.165) is 16.8 Å². The molecule has 0 radical (unpaired) electrons. The minimum absolute atomic E-state index is 0.287. The van der Waals surface area contributed by atoms with E-state index in [2.05, 4.69) is 4.99 Å². The number of rotatable bonds is 3. The largest absolute Gasteiger partial charge is 0.402 e. The smallest absolute Gasteiger partial charge is 0.363 e. The van der Waals surface area contributed by atoms with Crippen LogP contribution in [-0.2, 0) is 9.53 Å². The molecule has 0 bridgehead atoms. The minimum atomic E-state index is -0.450. The van der Waals surface area contributed by atoms with E-state index in [1.165, 1.54) is 0 Å². The van der Waals surface area contributed by atoms with Crippen LogP contribution < -0.4 is 10.6 Å². The Bertz CT molecular complexity index is 788. The Morgan fingerprint density at radius 2 is 1.70 bits per heavy atom. The van der Waals surface area contributed by atoms with Gasteiger partial charge in [0.15, 0.2) is 5.70 Å². The molecule has 2 aromatic carbocycles. The van der Waals surface area contributed by atoms with Crippen LogP contribution in [0.25, 0.3) is 6.08 Å². The number of carbonyl (C=O) groups excluding carboxylic acids is 1. The van der Waals surface area contributed by atoms with Crippen LogP contribution >= 0.6 is 0 Å². The Hall–Kier alpha value is -3.08. The number of anilines is 2. The van der Waals surface area contributed by atoms with E-state index in [1.54, 1.807) is 30.3 Å².